The molecule has 3 aromatic rings. The van der Waals surface area contributed by atoms with Crippen LogP contribution in [0.15, 0.2) is 54.2 Å². The zero-order valence-electron chi connectivity index (χ0n) is 13.8. The Balaban J connectivity index is 1.57. The predicted octanol–water partition coefficient (Wildman–Crippen LogP) is 4.14. The van der Waals surface area contributed by atoms with Gasteiger partial charge in [0.1, 0.15) is 16.5 Å². The van der Waals surface area contributed by atoms with Crippen molar-refractivity contribution in [3.05, 3.63) is 59.9 Å². The first kappa shape index (κ1) is 17.1. The van der Waals surface area contributed by atoms with Gasteiger partial charge >= 0.3 is 5.97 Å². The number of thiazole rings is 1. The fourth-order valence-corrected chi connectivity index (χ4v) is 2.96. The van der Waals surface area contributed by atoms with Crippen LogP contribution in [0.1, 0.15) is 19.0 Å². The van der Waals surface area contributed by atoms with Crippen LogP contribution in [0.4, 0.5) is 0 Å². The summed E-state index contributed by atoms with van der Waals surface area (Å²) in [6.45, 7) is 2.72. The van der Waals surface area contributed by atoms with Gasteiger partial charge in [0, 0.05) is 23.3 Å². The van der Waals surface area contributed by atoms with Gasteiger partial charge in [-0.3, -0.25) is 9.78 Å². The molecule has 6 heteroatoms. The molecule has 0 saturated carbocycles. The van der Waals surface area contributed by atoms with Gasteiger partial charge in [0.15, 0.2) is 0 Å². The lowest BCUT2D eigenvalue weighted by atomic mass is 10.3. The van der Waals surface area contributed by atoms with E-state index in [0.29, 0.717) is 18.1 Å². The Bertz CT molecular complexity index is 816. The Labute approximate surface area is 150 Å². The number of nitrogens with zero attached hydrogens (tertiary/aromatic N) is 2. The van der Waals surface area contributed by atoms with E-state index >= 15 is 0 Å². The van der Waals surface area contributed by atoms with Crippen LogP contribution in [0.3, 0.4) is 0 Å². The molecule has 0 N–H and O–H groups in total. The number of pyridine rings is 1. The number of hydrogen-bond donors (Lipinski definition) is 0. The van der Waals surface area contributed by atoms with Gasteiger partial charge in [-0.25, -0.2) is 4.98 Å². The summed E-state index contributed by atoms with van der Waals surface area (Å²) in [6.07, 6.45) is 4.55. The molecule has 1 aromatic carbocycles. The third-order valence-electron chi connectivity index (χ3n) is 3.31. The van der Waals surface area contributed by atoms with Crippen molar-refractivity contribution in [2.75, 3.05) is 6.61 Å². The lowest BCUT2D eigenvalue weighted by Crippen LogP contribution is -2.11. The van der Waals surface area contributed by atoms with Gasteiger partial charge in [-0.05, 0) is 42.8 Å². The molecule has 25 heavy (non-hydrogen) atoms. The van der Waals surface area contributed by atoms with Crippen LogP contribution in [0.5, 0.6) is 11.5 Å². The van der Waals surface area contributed by atoms with E-state index in [1.807, 2.05) is 24.4 Å². The van der Waals surface area contributed by atoms with E-state index in [1.54, 1.807) is 36.7 Å². The maximum Gasteiger partial charge on any atom is 0.317 e. The summed E-state index contributed by atoms with van der Waals surface area (Å²) in [7, 11) is 0. The molecule has 0 amide bonds. The third kappa shape index (κ3) is 4.87. The molecule has 0 fully saturated rings. The summed E-state index contributed by atoms with van der Waals surface area (Å²) in [4.78, 5) is 20.6. The molecule has 3 rings (SSSR count). The summed E-state index contributed by atoms with van der Waals surface area (Å²) in [5.41, 5.74) is 1.63. The first-order chi connectivity index (χ1) is 12.2. The first-order valence-electron chi connectivity index (χ1n) is 8.03. The zero-order chi connectivity index (χ0) is 17.5. The molecule has 0 bridgehead atoms. The van der Waals surface area contributed by atoms with Gasteiger partial charge in [-0.15, -0.1) is 11.3 Å². The van der Waals surface area contributed by atoms with Crippen LogP contribution in [0.25, 0.3) is 10.6 Å². The number of carbonyl (C=O) groups is 1. The number of aromatic nitrogens is 2. The van der Waals surface area contributed by atoms with Crippen molar-refractivity contribution in [2.24, 2.45) is 0 Å². The van der Waals surface area contributed by atoms with E-state index in [2.05, 4.69) is 9.97 Å². The molecule has 0 unspecified atom stereocenters. The molecule has 2 heterocycles. The van der Waals surface area contributed by atoms with Gasteiger partial charge in [-0.1, -0.05) is 6.92 Å². The second-order valence-electron chi connectivity index (χ2n) is 5.36. The molecule has 128 valence electrons. The van der Waals surface area contributed by atoms with Crippen LogP contribution in [-0.4, -0.2) is 22.5 Å². The standard InChI is InChI=1S/C19H18N2O3S/c1-2-10-23-16-5-7-17(8-6-16)24-18(22)11-15-13-25-19(21-15)14-4-3-9-20-12-14/h3-9,12-13H,2,10-11H2,1H3. The van der Waals surface area contributed by atoms with Crippen molar-refractivity contribution < 1.29 is 14.3 Å². The topological polar surface area (TPSA) is 61.3 Å². The Morgan fingerprint density at radius 2 is 1.96 bits per heavy atom. The average molecular weight is 354 g/mol. The molecule has 0 aliphatic rings. The number of carbonyl (C=O) groups excluding carboxylic acids is 1. The highest BCUT2D eigenvalue weighted by atomic mass is 32.1. The van der Waals surface area contributed by atoms with Crippen molar-refractivity contribution in [2.45, 2.75) is 19.8 Å². The highest BCUT2D eigenvalue weighted by molar-refractivity contribution is 7.13. The van der Waals surface area contributed by atoms with Gasteiger partial charge < -0.3 is 9.47 Å². The summed E-state index contributed by atoms with van der Waals surface area (Å²) < 4.78 is 10.9. The van der Waals surface area contributed by atoms with Crippen LogP contribution >= 0.6 is 11.3 Å². The number of esters is 1. The third-order valence-corrected chi connectivity index (χ3v) is 4.25. The van der Waals surface area contributed by atoms with Crippen LogP contribution in [0.2, 0.25) is 0 Å². The molecule has 2 aromatic heterocycles. The number of ether oxygens (including phenoxy) is 2. The fraction of sp³-hybridized carbons (Fsp3) is 0.211. The minimum Gasteiger partial charge on any atom is -0.494 e. The fourth-order valence-electron chi connectivity index (χ4n) is 2.15. The number of benzene rings is 1. The number of rotatable bonds is 7. The molecule has 0 spiro atoms. The number of hydrogen-bond acceptors (Lipinski definition) is 6. The van der Waals surface area contributed by atoms with E-state index < -0.39 is 0 Å². The van der Waals surface area contributed by atoms with E-state index in [9.17, 15) is 4.79 Å². The monoisotopic (exact) mass is 354 g/mol. The van der Waals surface area contributed by atoms with Crippen molar-refractivity contribution in [3.8, 4) is 22.1 Å². The Morgan fingerprint density at radius 3 is 2.68 bits per heavy atom. The summed E-state index contributed by atoms with van der Waals surface area (Å²) in [5.74, 6) is 0.920. The Hall–Kier alpha value is -2.73. The van der Waals surface area contributed by atoms with E-state index in [-0.39, 0.29) is 12.4 Å². The minimum atomic E-state index is -0.342. The second-order valence-corrected chi connectivity index (χ2v) is 6.21. The van der Waals surface area contributed by atoms with Crippen LogP contribution < -0.4 is 9.47 Å². The van der Waals surface area contributed by atoms with Crippen molar-refractivity contribution in [1.29, 1.82) is 0 Å². The molecule has 0 aliphatic heterocycles. The van der Waals surface area contributed by atoms with Gasteiger partial charge in [0.2, 0.25) is 0 Å². The van der Waals surface area contributed by atoms with Crippen molar-refractivity contribution in [1.82, 2.24) is 9.97 Å². The van der Waals surface area contributed by atoms with Gasteiger partial charge in [0.25, 0.3) is 0 Å². The molecule has 0 aliphatic carbocycles. The molecule has 5 nitrogen and oxygen atoms in total. The lowest BCUT2D eigenvalue weighted by Gasteiger charge is -2.06. The Morgan fingerprint density at radius 1 is 1.16 bits per heavy atom. The quantitative estimate of drug-likeness (QED) is 0.471. The average Bonchev–Trinajstić information content (AvgIpc) is 3.10. The van der Waals surface area contributed by atoms with Crippen molar-refractivity contribution >= 4 is 17.3 Å². The molecule has 0 radical (unpaired) electrons. The van der Waals surface area contributed by atoms with E-state index in [0.717, 1.165) is 22.7 Å². The maximum absolute atomic E-state index is 12.1. The molecule has 0 saturated heterocycles. The van der Waals surface area contributed by atoms with Crippen molar-refractivity contribution in [3.63, 3.8) is 0 Å². The lowest BCUT2D eigenvalue weighted by molar-refractivity contribution is -0.133. The summed E-state index contributed by atoms with van der Waals surface area (Å²) in [6, 6.07) is 10.8. The zero-order valence-corrected chi connectivity index (χ0v) is 14.7. The van der Waals surface area contributed by atoms with Gasteiger partial charge in [-0.2, -0.15) is 0 Å². The van der Waals surface area contributed by atoms with Crippen LogP contribution in [0, 0.1) is 0 Å². The summed E-state index contributed by atoms with van der Waals surface area (Å²) in [5, 5.41) is 2.71. The Kier molecular flexibility index (Phi) is 5.74. The summed E-state index contributed by atoms with van der Waals surface area (Å²) >= 11 is 1.49. The van der Waals surface area contributed by atoms with E-state index in [4.69, 9.17) is 9.47 Å². The largest absolute Gasteiger partial charge is 0.494 e. The highest BCUT2D eigenvalue weighted by Crippen LogP contribution is 2.23. The van der Waals surface area contributed by atoms with Crippen LogP contribution in [-0.2, 0) is 11.2 Å². The molecule has 0 atom stereocenters. The SMILES string of the molecule is CCCOc1ccc(OC(=O)Cc2csc(-c3cccnc3)n2)cc1. The molecular formula is C19H18N2O3S. The maximum atomic E-state index is 12.1. The van der Waals surface area contributed by atoms with Gasteiger partial charge in [0.05, 0.1) is 18.7 Å². The molecular weight excluding hydrogens is 336 g/mol. The normalized spacial score (nSPS) is 10.4. The van der Waals surface area contributed by atoms with E-state index in [1.165, 1.54) is 11.3 Å². The minimum absolute atomic E-state index is 0.130. The highest BCUT2D eigenvalue weighted by Gasteiger charge is 2.11. The smallest absolute Gasteiger partial charge is 0.317 e. The predicted molar refractivity (Wildman–Crippen MR) is 96.9 cm³/mol. The first-order valence-corrected chi connectivity index (χ1v) is 8.91. The second kappa shape index (κ2) is 8.39.